The van der Waals surface area contributed by atoms with Gasteiger partial charge in [0.2, 0.25) is 5.82 Å². The molecule has 0 bridgehead atoms. The summed E-state index contributed by atoms with van der Waals surface area (Å²) in [5, 5.41) is 19.6. The number of fused-ring (bicyclic) bond motifs is 1. The third-order valence-electron chi connectivity index (χ3n) is 7.50. The molecule has 1 unspecified atom stereocenters. The quantitative estimate of drug-likeness (QED) is 0.486. The minimum absolute atomic E-state index is 0.174. The van der Waals surface area contributed by atoms with E-state index in [1.807, 2.05) is 24.4 Å². The van der Waals surface area contributed by atoms with Crippen LogP contribution in [0.2, 0.25) is 0 Å². The van der Waals surface area contributed by atoms with Gasteiger partial charge in [0.1, 0.15) is 17.5 Å². The number of aryl methyl sites for hydroxylation is 1. The Morgan fingerprint density at radius 1 is 1.19 bits per heavy atom. The summed E-state index contributed by atoms with van der Waals surface area (Å²) < 4.78 is 14.0. The molecule has 36 heavy (non-hydrogen) atoms. The summed E-state index contributed by atoms with van der Waals surface area (Å²) in [6, 6.07) is 10.3. The van der Waals surface area contributed by atoms with E-state index in [9.17, 15) is 5.26 Å². The second-order valence-corrected chi connectivity index (χ2v) is 9.97. The lowest BCUT2D eigenvalue weighted by molar-refractivity contribution is 0.0979. The summed E-state index contributed by atoms with van der Waals surface area (Å²) in [4.78, 5) is 11.4. The Hall–Kier alpha value is -2.99. The molecule has 0 saturated carbocycles. The average Bonchev–Trinajstić information content (AvgIpc) is 3.56. The van der Waals surface area contributed by atoms with Gasteiger partial charge in [0.05, 0.1) is 31.6 Å². The van der Waals surface area contributed by atoms with Gasteiger partial charge in [0.25, 0.3) is 0 Å². The van der Waals surface area contributed by atoms with Gasteiger partial charge in [-0.25, -0.2) is 9.97 Å². The summed E-state index contributed by atoms with van der Waals surface area (Å²) in [5.41, 5.74) is 3.55. The molecule has 2 aliphatic heterocycles. The molecule has 2 aliphatic rings. The lowest BCUT2D eigenvalue weighted by Crippen LogP contribution is -2.35. The van der Waals surface area contributed by atoms with Crippen LogP contribution in [0.1, 0.15) is 43.5 Å². The number of piperidine rings is 1. The van der Waals surface area contributed by atoms with E-state index in [0.29, 0.717) is 12.5 Å². The predicted molar refractivity (Wildman–Crippen MR) is 138 cm³/mol. The standard InChI is InChI=1S/C28H35N5O3/c1-20-17-22(4-5-25(20)36-16-9-21-6-10-32(11-7-21)13-14-34)27-24-8-12-33(19-23-3-2-15-35-23)28(24)31-26(18-29)30-27/h4-5,8,12,17,21,23,34H,2-3,6-7,9-11,13-16,19H2,1H3. The highest BCUT2D eigenvalue weighted by Crippen LogP contribution is 2.31. The summed E-state index contributed by atoms with van der Waals surface area (Å²) in [5.74, 6) is 1.74. The van der Waals surface area contributed by atoms with Crippen LogP contribution in [-0.4, -0.2) is 70.1 Å². The first kappa shape index (κ1) is 24.7. The molecule has 2 aromatic heterocycles. The van der Waals surface area contributed by atoms with Crippen LogP contribution in [0, 0.1) is 24.2 Å². The van der Waals surface area contributed by atoms with E-state index in [-0.39, 0.29) is 18.5 Å². The molecule has 0 amide bonds. The van der Waals surface area contributed by atoms with Gasteiger partial charge in [-0.3, -0.25) is 0 Å². The highest BCUT2D eigenvalue weighted by molar-refractivity contribution is 5.91. The maximum Gasteiger partial charge on any atom is 0.234 e. The number of β-amino-alcohol motifs (C(OH)–C–C–N with tert-alkyl or cyclic N) is 1. The monoisotopic (exact) mass is 489 g/mol. The number of aliphatic hydroxyl groups excluding tert-OH is 1. The van der Waals surface area contributed by atoms with Crippen molar-refractivity contribution in [3.05, 3.63) is 41.9 Å². The van der Waals surface area contributed by atoms with Gasteiger partial charge >= 0.3 is 0 Å². The van der Waals surface area contributed by atoms with E-state index in [1.54, 1.807) is 0 Å². The summed E-state index contributed by atoms with van der Waals surface area (Å²) >= 11 is 0. The first-order chi connectivity index (χ1) is 17.6. The molecular formula is C28H35N5O3. The maximum absolute atomic E-state index is 9.58. The van der Waals surface area contributed by atoms with Gasteiger partial charge < -0.3 is 24.0 Å². The Balaban J connectivity index is 1.28. The van der Waals surface area contributed by atoms with E-state index in [4.69, 9.17) is 14.6 Å². The first-order valence-electron chi connectivity index (χ1n) is 13.1. The Bertz CT molecular complexity index is 1220. The van der Waals surface area contributed by atoms with Gasteiger partial charge in [-0.05, 0) is 87.9 Å². The molecule has 8 nitrogen and oxygen atoms in total. The average molecular weight is 490 g/mol. The molecule has 1 N–H and O–H groups in total. The lowest BCUT2D eigenvalue weighted by Gasteiger charge is -2.31. The third kappa shape index (κ3) is 5.54. The minimum atomic E-state index is 0.174. The van der Waals surface area contributed by atoms with Crippen LogP contribution in [-0.2, 0) is 11.3 Å². The molecule has 2 fully saturated rings. The van der Waals surface area contributed by atoms with Crippen molar-refractivity contribution < 1.29 is 14.6 Å². The van der Waals surface area contributed by atoms with Crippen LogP contribution >= 0.6 is 0 Å². The van der Waals surface area contributed by atoms with Gasteiger partial charge in [-0.2, -0.15) is 5.26 Å². The van der Waals surface area contributed by atoms with Crippen molar-refractivity contribution in [2.75, 3.05) is 39.5 Å². The summed E-state index contributed by atoms with van der Waals surface area (Å²) in [6.07, 6.45) is 7.72. The van der Waals surface area contributed by atoms with Crippen molar-refractivity contribution in [3.63, 3.8) is 0 Å². The normalized spacial score (nSPS) is 19.1. The zero-order valence-electron chi connectivity index (χ0n) is 21.0. The highest BCUT2D eigenvalue weighted by Gasteiger charge is 2.21. The van der Waals surface area contributed by atoms with E-state index >= 15 is 0 Å². The van der Waals surface area contributed by atoms with Gasteiger partial charge in [-0.1, -0.05) is 0 Å². The van der Waals surface area contributed by atoms with E-state index in [1.165, 1.54) is 12.8 Å². The van der Waals surface area contributed by atoms with Crippen molar-refractivity contribution >= 4 is 11.0 Å². The number of hydrogen-bond acceptors (Lipinski definition) is 7. The smallest absolute Gasteiger partial charge is 0.234 e. The molecule has 190 valence electrons. The van der Waals surface area contributed by atoms with Crippen molar-refractivity contribution in [1.82, 2.24) is 19.4 Å². The first-order valence-corrected chi connectivity index (χ1v) is 13.1. The Kier molecular flexibility index (Phi) is 7.81. The summed E-state index contributed by atoms with van der Waals surface area (Å²) in [6.45, 7) is 7.44. The molecule has 3 aromatic rings. The molecule has 0 aliphatic carbocycles. The van der Waals surface area contributed by atoms with Gasteiger partial charge in [0.15, 0.2) is 0 Å². The van der Waals surface area contributed by atoms with E-state index < -0.39 is 0 Å². The molecule has 0 radical (unpaired) electrons. The number of hydrogen-bond donors (Lipinski definition) is 1. The molecule has 8 heteroatoms. The van der Waals surface area contributed by atoms with E-state index in [0.717, 1.165) is 85.7 Å². The number of rotatable bonds is 9. The molecule has 2 saturated heterocycles. The number of ether oxygens (including phenoxy) is 2. The van der Waals surface area contributed by atoms with Crippen molar-refractivity contribution in [2.24, 2.45) is 5.92 Å². The fourth-order valence-corrected chi connectivity index (χ4v) is 5.42. The Morgan fingerprint density at radius 3 is 2.78 bits per heavy atom. The molecular weight excluding hydrogens is 454 g/mol. The molecule has 5 rings (SSSR count). The van der Waals surface area contributed by atoms with Gasteiger partial charge in [-0.15, -0.1) is 0 Å². The fraction of sp³-hybridized carbons (Fsp3) is 0.536. The van der Waals surface area contributed by atoms with Crippen LogP contribution < -0.4 is 4.74 Å². The number of aromatic nitrogens is 3. The molecule has 0 spiro atoms. The second kappa shape index (κ2) is 11.4. The SMILES string of the molecule is Cc1cc(-c2nc(C#N)nc3c2ccn3CC2CCCO2)ccc1OCCC1CCN(CCO)CC1. The van der Waals surface area contributed by atoms with Crippen molar-refractivity contribution in [1.29, 1.82) is 5.26 Å². The van der Waals surface area contributed by atoms with Crippen molar-refractivity contribution in [3.8, 4) is 23.1 Å². The van der Waals surface area contributed by atoms with Crippen molar-refractivity contribution in [2.45, 2.75) is 51.7 Å². The van der Waals surface area contributed by atoms with Crippen LogP contribution in [0.15, 0.2) is 30.5 Å². The number of aliphatic hydroxyl groups is 1. The maximum atomic E-state index is 9.58. The van der Waals surface area contributed by atoms with Crippen LogP contribution in [0.3, 0.4) is 0 Å². The predicted octanol–water partition coefficient (Wildman–Crippen LogP) is 3.93. The van der Waals surface area contributed by atoms with Crippen LogP contribution in [0.25, 0.3) is 22.3 Å². The lowest BCUT2D eigenvalue weighted by atomic mass is 9.94. The second-order valence-electron chi connectivity index (χ2n) is 9.97. The zero-order chi connectivity index (χ0) is 24.9. The summed E-state index contributed by atoms with van der Waals surface area (Å²) in [7, 11) is 0. The Morgan fingerprint density at radius 2 is 2.06 bits per heavy atom. The molecule has 1 aromatic carbocycles. The minimum Gasteiger partial charge on any atom is -0.493 e. The molecule has 1 atom stereocenters. The van der Waals surface area contributed by atoms with E-state index in [2.05, 4.69) is 38.5 Å². The zero-order valence-corrected chi connectivity index (χ0v) is 21.0. The highest BCUT2D eigenvalue weighted by atomic mass is 16.5. The fourth-order valence-electron chi connectivity index (χ4n) is 5.42. The largest absolute Gasteiger partial charge is 0.493 e. The molecule has 4 heterocycles. The number of benzene rings is 1. The topological polar surface area (TPSA) is 96.4 Å². The number of nitrogens with zero attached hydrogens (tertiary/aromatic N) is 5. The third-order valence-corrected chi connectivity index (χ3v) is 7.50. The van der Waals surface area contributed by atoms with Crippen LogP contribution in [0.4, 0.5) is 0 Å². The van der Waals surface area contributed by atoms with Gasteiger partial charge in [0, 0.05) is 30.3 Å². The number of nitriles is 1. The van der Waals surface area contributed by atoms with Crippen LogP contribution in [0.5, 0.6) is 5.75 Å². The number of likely N-dealkylation sites (tertiary alicyclic amines) is 1. The Labute approximate surface area is 212 Å².